The van der Waals surface area contributed by atoms with Crippen molar-refractivity contribution in [1.82, 2.24) is 10.3 Å². The maximum atomic E-state index is 13.2. The molecular weight excluding hydrogens is 405 g/mol. The molecule has 0 saturated carbocycles. The van der Waals surface area contributed by atoms with Gasteiger partial charge in [-0.05, 0) is 54.4 Å². The quantitative estimate of drug-likeness (QED) is 0.369. The third-order valence-corrected chi connectivity index (χ3v) is 5.56. The molecule has 5 rings (SSSR count). The zero-order valence-corrected chi connectivity index (χ0v) is 17.6. The molecule has 1 aliphatic rings. The Morgan fingerprint density at radius 1 is 0.906 bits per heavy atom. The van der Waals surface area contributed by atoms with E-state index in [0.29, 0.717) is 6.79 Å². The summed E-state index contributed by atoms with van der Waals surface area (Å²) in [5, 5.41) is 8.06. The smallest absolute Gasteiger partial charge is 0.231 e. The number of halogens is 1. The van der Waals surface area contributed by atoms with Crippen LogP contribution in [0.1, 0.15) is 12.0 Å². The summed E-state index contributed by atoms with van der Waals surface area (Å²) in [4.78, 5) is 4.52. The highest BCUT2D eigenvalue weighted by molar-refractivity contribution is 5.93. The molecule has 6 heteroatoms. The molecule has 0 unspecified atom stereocenters. The lowest BCUT2D eigenvalue weighted by atomic mass is 10.0. The Morgan fingerprint density at radius 3 is 2.69 bits per heavy atom. The van der Waals surface area contributed by atoms with E-state index in [9.17, 15) is 4.39 Å². The van der Waals surface area contributed by atoms with E-state index in [1.807, 2.05) is 36.5 Å². The van der Waals surface area contributed by atoms with Crippen molar-refractivity contribution in [2.75, 3.05) is 25.2 Å². The first-order valence-electron chi connectivity index (χ1n) is 10.7. The molecule has 2 N–H and O–H groups in total. The lowest BCUT2D eigenvalue weighted by Gasteiger charge is -2.11. The second kappa shape index (κ2) is 9.24. The normalized spacial score (nSPS) is 12.3. The van der Waals surface area contributed by atoms with E-state index in [4.69, 9.17) is 9.47 Å². The molecule has 1 aliphatic heterocycles. The Labute approximate surface area is 186 Å². The molecule has 0 bridgehead atoms. The second-order valence-corrected chi connectivity index (χ2v) is 7.71. The molecule has 0 saturated heterocycles. The summed E-state index contributed by atoms with van der Waals surface area (Å²) in [6, 6.07) is 20.7. The lowest BCUT2D eigenvalue weighted by Crippen LogP contribution is -2.18. The first-order valence-corrected chi connectivity index (χ1v) is 10.7. The van der Waals surface area contributed by atoms with Crippen LogP contribution in [-0.2, 0) is 6.54 Å². The predicted octanol–water partition coefficient (Wildman–Crippen LogP) is 5.36. The highest BCUT2D eigenvalue weighted by atomic mass is 19.1. The zero-order chi connectivity index (χ0) is 21.8. The van der Waals surface area contributed by atoms with Crippen molar-refractivity contribution in [2.24, 2.45) is 0 Å². The topological polar surface area (TPSA) is 55.4 Å². The molecule has 4 aromatic rings. The van der Waals surface area contributed by atoms with Gasteiger partial charge in [-0.2, -0.15) is 0 Å². The van der Waals surface area contributed by atoms with Gasteiger partial charge in [-0.15, -0.1) is 0 Å². The van der Waals surface area contributed by atoms with Crippen LogP contribution in [0.4, 0.5) is 10.1 Å². The van der Waals surface area contributed by atoms with Gasteiger partial charge in [0.1, 0.15) is 5.82 Å². The highest BCUT2D eigenvalue weighted by Gasteiger charge is 2.16. The maximum absolute atomic E-state index is 13.2. The Kier molecular flexibility index (Phi) is 5.85. The van der Waals surface area contributed by atoms with Crippen molar-refractivity contribution >= 4 is 16.6 Å². The highest BCUT2D eigenvalue weighted by Crippen LogP contribution is 2.35. The monoisotopic (exact) mass is 429 g/mol. The maximum Gasteiger partial charge on any atom is 0.231 e. The lowest BCUT2D eigenvalue weighted by molar-refractivity contribution is 0.173. The minimum absolute atomic E-state index is 0.233. The number of para-hydroxylation sites is 1. The van der Waals surface area contributed by atoms with Crippen molar-refractivity contribution in [3.63, 3.8) is 0 Å². The zero-order valence-electron chi connectivity index (χ0n) is 17.6. The Bertz CT molecular complexity index is 1230. The Morgan fingerprint density at radius 2 is 1.78 bits per heavy atom. The van der Waals surface area contributed by atoms with Gasteiger partial charge >= 0.3 is 0 Å². The molecule has 162 valence electrons. The van der Waals surface area contributed by atoms with Crippen molar-refractivity contribution in [3.05, 3.63) is 84.3 Å². The third kappa shape index (κ3) is 4.36. The Hall–Kier alpha value is -3.64. The van der Waals surface area contributed by atoms with Crippen LogP contribution in [0.3, 0.4) is 0 Å². The second-order valence-electron chi connectivity index (χ2n) is 7.71. The van der Waals surface area contributed by atoms with Gasteiger partial charge < -0.3 is 20.1 Å². The number of fused-ring (bicyclic) bond motifs is 2. The van der Waals surface area contributed by atoms with Gasteiger partial charge in [0.25, 0.3) is 0 Å². The number of nitrogens with zero attached hydrogens (tertiary/aromatic N) is 1. The fourth-order valence-corrected chi connectivity index (χ4v) is 3.91. The largest absolute Gasteiger partial charge is 0.454 e. The van der Waals surface area contributed by atoms with Crippen molar-refractivity contribution in [2.45, 2.75) is 13.0 Å². The number of rotatable bonds is 8. The standard InChI is InChI=1S/C26H24FN3O2/c27-21-8-5-18(6-9-21)19-7-10-22-23(11-14-30-24(22)15-19)29-13-2-12-28-16-20-3-1-4-25-26(20)32-17-31-25/h1,3-11,14-15,28H,2,12-13,16-17H2,(H,29,30). The molecule has 3 aromatic carbocycles. The molecule has 0 fully saturated rings. The van der Waals surface area contributed by atoms with Gasteiger partial charge in [0, 0.05) is 35.9 Å². The van der Waals surface area contributed by atoms with Crippen LogP contribution in [0, 0.1) is 5.82 Å². The summed E-state index contributed by atoms with van der Waals surface area (Å²) in [5.41, 5.74) is 5.08. The molecule has 2 heterocycles. The van der Waals surface area contributed by atoms with Gasteiger partial charge in [-0.3, -0.25) is 4.98 Å². The summed E-state index contributed by atoms with van der Waals surface area (Å²) in [7, 11) is 0. The van der Waals surface area contributed by atoms with Gasteiger partial charge in [-0.1, -0.05) is 36.4 Å². The van der Waals surface area contributed by atoms with Crippen molar-refractivity contribution in [3.8, 4) is 22.6 Å². The number of nitrogens with one attached hydrogen (secondary N) is 2. The summed E-state index contributed by atoms with van der Waals surface area (Å²) >= 11 is 0. The van der Waals surface area contributed by atoms with Crippen LogP contribution < -0.4 is 20.1 Å². The van der Waals surface area contributed by atoms with Gasteiger partial charge in [-0.25, -0.2) is 4.39 Å². The van der Waals surface area contributed by atoms with E-state index < -0.39 is 0 Å². The summed E-state index contributed by atoms with van der Waals surface area (Å²) in [5.74, 6) is 1.43. The van der Waals surface area contributed by atoms with E-state index in [2.05, 4.69) is 27.8 Å². The van der Waals surface area contributed by atoms with Crippen LogP contribution in [-0.4, -0.2) is 24.9 Å². The summed E-state index contributed by atoms with van der Waals surface area (Å²) < 4.78 is 24.2. The molecule has 0 radical (unpaired) electrons. The third-order valence-electron chi connectivity index (χ3n) is 5.56. The van der Waals surface area contributed by atoms with E-state index >= 15 is 0 Å². The summed E-state index contributed by atoms with van der Waals surface area (Å²) in [6.45, 7) is 2.77. The number of hydrogen-bond donors (Lipinski definition) is 2. The predicted molar refractivity (Wildman–Crippen MR) is 125 cm³/mol. The minimum atomic E-state index is -0.233. The van der Waals surface area contributed by atoms with Crippen molar-refractivity contribution < 1.29 is 13.9 Å². The molecule has 1 aromatic heterocycles. The van der Waals surface area contributed by atoms with Gasteiger partial charge in [0.05, 0.1) is 5.52 Å². The molecule has 0 amide bonds. The SMILES string of the molecule is Fc1ccc(-c2ccc3c(NCCCNCc4cccc5c4OCO5)ccnc3c2)cc1. The van der Waals surface area contributed by atoms with Crippen LogP contribution in [0.25, 0.3) is 22.0 Å². The van der Waals surface area contributed by atoms with Crippen LogP contribution in [0.5, 0.6) is 11.5 Å². The van der Waals surface area contributed by atoms with Gasteiger partial charge in [0.2, 0.25) is 6.79 Å². The first-order chi connectivity index (χ1) is 15.8. The average Bonchev–Trinajstić information content (AvgIpc) is 3.31. The van der Waals surface area contributed by atoms with E-state index in [0.717, 1.165) is 70.8 Å². The average molecular weight is 429 g/mol. The number of pyridine rings is 1. The van der Waals surface area contributed by atoms with E-state index in [1.165, 1.54) is 12.1 Å². The number of hydrogen-bond acceptors (Lipinski definition) is 5. The molecule has 0 spiro atoms. The molecule has 0 aliphatic carbocycles. The number of anilines is 1. The van der Waals surface area contributed by atoms with Crippen LogP contribution in [0.2, 0.25) is 0 Å². The van der Waals surface area contributed by atoms with Crippen molar-refractivity contribution in [1.29, 1.82) is 0 Å². The minimum Gasteiger partial charge on any atom is -0.454 e. The number of benzene rings is 3. The molecule has 32 heavy (non-hydrogen) atoms. The molecular formula is C26H24FN3O2. The van der Waals surface area contributed by atoms with Crippen LogP contribution >= 0.6 is 0 Å². The van der Waals surface area contributed by atoms with E-state index in [-0.39, 0.29) is 5.82 Å². The number of aromatic nitrogens is 1. The van der Waals surface area contributed by atoms with Gasteiger partial charge in [0.15, 0.2) is 11.5 Å². The molecule has 0 atom stereocenters. The van der Waals surface area contributed by atoms with E-state index in [1.54, 1.807) is 12.1 Å². The fourth-order valence-electron chi connectivity index (χ4n) is 3.91. The molecule has 5 nitrogen and oxygen atoms in total. The number of ether oxygens (including phenoxy) is 2. The fraction of sp³-hybridized carbons (Fsp3) is 0.192. The Balaban J connectivity index is 1.16. The summed E-state index contributed by atoms with van der Waals surface area (Å²) in [6.07, 6.45) is 2.79. The first kappa shape index (κ1) is 20.3. The van der Waals surface area contributed by atoms with Crippen LogP contribution in [0.15, 0.2) is 72.9 Å².